The first kappa shape index (κ1) is 112. The second kappa shape index (κ2) is 51.7. The van der Waals surface area contributed by atoms with Gasteiger partial charge in [-0.2, -0.15) is 0 Å². The van der Waals surface area contributed by atoms with Crippen molar-refractivity contribution in [3.05, 3.63) is 0 Å². The lowest BCUT2D eigenvalue weighted by Gasteiger charge is -2.74. The highest BCUT2D eigenvalue weighted by Gasteiger charge is 3.04. The van der Waals surface area contributed by atoms with Crippen LogP contribution in [0.25, 0.3) is 0 Å². The summed E-state index contributed by atoms with van der Waals surface area (Å²) in [7, 11) is -172. The molecular formula is C2H106O51Si50. The van der Waals surface area contributed by atoms with Crippen molar-refractivity contribution >= 4 is 437 Å². The van der Waals surface area contributed by atoms with E-state index < -0.39 is 437 Å². The maximum Gasteiger partial charge on any atom is 0.338 e. The molecule has 0 aromatic carbocycles. The van der Waals surface area contributed by atoms with Gasteiger partial charge in [-0.3, -0.25) is 0 Å². The number of hydrogen-bond donors (Lipinski definition) is 34. The van der Waals surface area contributed by atoms with Crippen molar-refractivity contribution < 1.29 is 233 Å². The van der Waals surface area contributed by atoms with Crippen molar-refractivity contribution in [1.82, 2.24) is 0 Å². The molecule has 101 heteroatoms. The molecule has 0 aliphatic carbocycles. The fourth-order valence-electron chi connectivity index (χ4n) is 12.2. The molecular weight excluding hydrogens is 2240 g/mol. The smallest absolute Gasteiger partial charge is 0.338 e. The van der Waals surface area contributed by atoms with Crippen LogP contribution in [-0.2, 0) is 70.0 Å². The van der Waals surface area contributed by atoms with E-state index in [1.807, 2.05) is 0 Å². The summed E-state index contributed by atoms with van der Waals surface area (Å²) in [6.07, 6.45) is 0. The molecule has 0 aliphatic rings. The Kier molecular flexibility index (Phi) is 56.1. The van der Waals surface area contributed by atoms with Crippen LogP contribution in [0.5, 0.6) is 0 Å². The minimum absolute atomic E-state index is 0.755. The molecule has 103 heavy (non-hydrogen) atoms. The third-order valence-corrected chi connectivity index (χ3v) is 529. The second-order valence-corrected chi connectivity index (χ2v) is 300. The van der Waals surface area contributed by atoms with Gasteiger partial charge in [0.15, 0.2) is 130 Å². The van der Waals surface area contributed by atoms with Crippen LogP contribution in [0.3, 0.4) is 0 Å². The lowest BCUT2D eigenvalue weighted by atomic mass is 11.9. The Hall–Kier alpha value is 8.80. The van der Waals surface area contributed by atoms with Gasteiger partial charge in [0.25, 0.3) is 138 Å². The summed E-state index contributed by atoms with van der Waals surface area (Å²) in [5.41, 5.74) is 0. The van der Waals surface area contributed by atoms with Gasteiger partial charge in [0.2, 0.25) is 115 Å². The maximum atomic E-state index is 14.1. The van der Waals surface area contributed by atoms with Crippen molar-refractivity contribution in [1.29, 1.82) is 0 Å². The molecule has 2 atom stereocenters. The zero-order valence-corrected chi connectivity index (χ0v) is 120. The fourth-order valence-corrected chi connectivity index (χ4v) is 959. The molecule has 0 fully saturated rings. The third-order valence-electron chi connectivity index (χ3n) is 17.1. The molecule has 34 N–H and O–H groups in total. The lowest BCUT2D eigenvalue weighted by Crippen LogP contribution is -3.18. The van der Waals surface area contributed by atoms with Crippen LogP contribution in [0, 0.1) is 0 Å². The van der Waals surface area contributed by atoms with E-state index in [2.05, 4.69) is 0 Å². The van der Waals surface area contributed by atoms with Gasteiger partial charge in [-0.1, -0.05) is 0 Å². The number of hydrogen-bond acceptors (Lipinski definition) is 51. The van der Waals surface area contributed by atoms with Crippen molar-refractivity contribution in [2.24, 2.45) is 0 Å². The lowest BCUT2D eigenvalue weighted by molar-refractivity contribution is 0.290. The molecule has 620 valence electrons. The first-order chi connectivity index (χ1) is 48.7. The van der Waals surface area contributed by atoms with Crippen LogP contribution < -0.4 is 0 Å². The summed E-state index contributed by atoms with van der Waals surface area (Å²) in [6.45, 7) is -67.4. The molecule has 0 amide bonds. The fraction of sp³-hybridized carbons (Fsp3) is 1.00. The summed E-state index contributed by atoms with van der Waals surface area (Å²) in [5.74, 6) is 0. The Labute approximate surface area is 675 Å². The van der Waals surface area contributed by atoms with Gasteiger partial charge in [-0.05, 0) is 13.1 Å². The van der Waals surface area contributed by atoms with E-state index in [4.69, 9.17) is 70.0 Å². The van der Waals surface area contributed by atoms with Crippen LogP contribution in [0.15, 0.2) is 0 Å². The molecule has 0 aromatic rings. The molecule has 0 aromatic heterocycles. The van der Waals surface area contributed by atoms with Gasteiger partial charge in [-0.15, -0.1) is 0 Å². The molecule has 0 heterocycles. The normalized spacial score (nSPS) is 26.1. The van der Waals surface area contributed by atoms with Gasteiger partial charge in [0.1, 0.15) is 0 Å². The molecule has 2 unspecified atom stereocenters. The standard InChI is InChI=1S/C2H106O51Si50/c1-87(2,36)48-93(101(96(77-26,78-27)43-60-9,97(79-28,80-29)44-61-10)50-89(67-16,68-17)38-55-4,53-92(94(73-22,74-23)41-58-7,95(75-24,76-25)42-59-8)49-88(65-14,66-15)37-54-3)102(98(81-30,82-31)45-62-11,51-90(69-18,70-19)39-56-5)103(99(83-32,84-33)46-63-12,100(85-34,86-35)47-64-13)52-91(71-20,72-21)40-57-6/h3-36H,54-86H2,1-2H3. The molecule has 0 rings (SSSR count). The Morgan fingerprint density at radius 3 is 0.534 bits per heavy atom. The van der Waals surface area contributed by atoms with Crippen LogP contribution in [0.2, 0.25) is 13.1 Å². The van der Waals surface area contributed by atoms with Gasteiger partial charge >= 0.3 is 54.1 Å². The summed E-state index contributed by atoms with van der Waals surface area (Å²) in [6, 6.07) is 0. The van der Waals surface area contributed by atoms with E-state index in [0.717, 1.165) is 13.1 Å². The first-order valence-corrected chi connectivity index (χ1v) is 151. The van der Waals surface area contributed by atoms with Crippen molar-refractivity contribution in [2.75, 3.05) is 0 Å². The molecule has 0 spiro atoms. The number of rotatable bonds is 66. The zero-order chi connectivity index (χ0) is 79.9. The maximum absolute atomic E-state index is 14.1. The summed E-state index contributed by atoms with van der Waals surface area (Å²) in [5, 5.41) is 0. The predicted molar refractivity (Wildman–Crippen MR) is 485 cm³/mol. The average Bonchev–Trinajstić information content (AvgIpc) is 0.627. The topological polar surface area (TPSA) is 845 Å². The van der Waals surface area contributed by atoms with Crippen LogP contribution in [0.1, 0.15) is 0 Å². The van der Waals surface area contributed by atoms with Crippen LogP contribution >= 0.6 is 0 Å². The van der Waals surface area contributed by atoms with Crippen molar-refractivity contribution in [3.63, 3.8) is 0 Å². The van der Waals surface area contributed by atoms with E-state index in [-0.39, 0.29) is 0 Å². The van der Waals surface area contributed by atoms with E-state index >= 15 is 0 Å². The van der Waals surface area contributed by atoms with Crippen molar-refractivity contribution in [2.45, 2.75) is 13.1 Å². The summed E-state index contributed by atoms with van der Waals surface area (Å²) >= 11 is 0. The van der Waals surface area contributed by atoms with E-state index in [1.165, 1.54) is 0 Å². The van der Waals surface area contributed by atoms with Gasteiger partial charge in [-0.25, -0.2) is 0 Å². The van der Waals surface area contributed by atoms with Crippen LogP contribution in [-0.4, -0.2) is 600 Å². The quantitative estimate of drug-likeness (QED) is 0.0251. The molecule has 51 nitrogen and oxygen atoms in total. The minimum atomic E-state index is -8.59. The monoisotopic (exact) mass is 2350 g/mol. The third kappa shape index (κ3) is 21.9. The average molecular weight is 2350 g/mol. The van der Waals surface area contributed by atoms with Gasteiger partial charge < -0.3 is 233 Å². The van der Waals surface area contributed by atoms with E-state index in [0.29, 0.717) is 0 Å². The molecule has 0 bridgehead atoms. The first-order valence-electron chi connectivity index (χ1n) is 29.8. The SMILES string of the molecule is C[Si](C)(O)O[Si](O[Si](O[Si](O[SiH2]O)([SiH2]O)[SiH2]O)([Si](O[SiH2]O)([SiH2]O)[SiH2]O)[Si](O[SiH2]O)([SiH2]O)[SiH2]O)([Si](O[Si](O[SiH2]O)([SiH2]O)[SiH2]O)([Si](O[SiH2]O)([SiH2]O)[SiH2]O)[Si](O[SiH2]O)([SiH2]O)[SiH2]O)[Si](O[Si](O[SiH2]O)([SiH2]O)[SiH2]O)([Si](O[SiH2]O)([SiH2]O)[SiH2]O)[Si](O[Si](O[SiH2]O)([SiH2]O)[SiH2]O)([Si](O[SiH2]O)([SiH2]O)[SiH2]O)[Si](O[SiH2]O)([SiH2]O)[SiH2]O. The van der Waals surface area contributed by atoms with Gasteiger partial charge in [0, 0.05) is 0 Å². The zero-order valence-electron chi connectivity index (χ0n) is 56.0. The molecule has 0 saturated heterocycles. The van der Waals surface area contributed by atoms with E-state index in [9.17, 15) is 163 Å². The summed E-state index contributed by atoms with van der Waals surface area (Å²) < 4.78 is 119. The Bertz CT molecular complexity index is 2170. The molecule has 0 radical (unpaired) electrons. The highest BCUT2D eigenvalue weighted by molar-refractivity contribution is 8.30. The Morgan fingerprint density at radius 1 is 0.165 bits per heavy atom. The largest absolute Gasteiger partial charge is 0.442 e. The van der Waals surface area contributed by atoms with Crippen LogP contribution in [0.4, 0.5) is 0 Å². The minimum Gasteiger partial charge on any atom is -0.442 e. The highest BCUT2D eigenvalue weighted by Crippen LogP contribution is 2.57. The molecule has 0 aliphatic heterocycles. The highest BCUT2D eigenvalue weighted by atomic mass is 30.5. The van der Waals surface area contributed by atoms with E-state index in [1.54, 1.807) is 0 Å². The van der Waals surface area contributed by atoms with Crippen molar-refractivity contribution in [3.8, 4) is 0 Å². The molecule has 0 saturated carbocycles. The summed E-state index contributed by atoms with van der Waals surface area (Å²) in [4.78, 5) is 430. The Morgan fingerprint density at radius 2 is 0.340 bits per heavy atom. The predicted octanol–water partition coefficient (Wildman–Crippen LogP) is -55.6. The second-order valence-electron chi connectivity index (χ2n) is 22.4. The van der Waals surface area contributed by atoms with Gasteiger partial charge in [0.05, 0.1) is 0 Å². The Balaban J connectivity index is 16.0.